The molecule has 160 valence electrons. The van der Waals surface area contributed by atoms with Gasteiger partial charge in [-0.1, -0.05) is 29.9 Å². The van der Waals surface area contributed by atoms with E-state index in [1.165, 1.54) is 0 Å². The molecule has 2 aromatic carbocycles. The van der Waals surface area contributed by atoms with Crippen LogP contribution in [0.5, 0.6) is 11.5 Å². The number of nitrogens with one attached hydrogen (secondary N) is 1. The third kappa shape index (κ3) is 4.98. The molecule has 3 aromatic rings. The molecule has 0 aliphatic rings. The molecule has 31 heavy (non-hydrogen) atoms. The summed E-state index contributed by atoms with van der Waals surface area (Å²) in [4.78, 5) is 0.341. The van der Waals surface area contributed by atoms with Crippen molar-refractivity contribution in [2.75, 3.05) is 19.5 Å². The minimum atomic E-state index is -0.00580. The van der Waals surface area contributed by atoms with Crippen LogP contribution in [0.15, 0.2) is 60.9 Å². The van der Waals surface area contributed by atoms with Crippen molar-refractivity contribution >= 4 is 46.0 Å². The minimum absolute atomic E-state index is 0.00580. The number of hydrogen-bond donors (Lipinski definition) is 2. The zero-order valence-corrected chi connectivity index (χ0v) is 19.3. The summed E-state index contributed by atoms with van der Waals surface area (Å²) in [5, 5.41) is 15.1. The summed E-state index contributed by atoms with van der Waals surface area (Å²) >= 11 is 12.0. The maximum absolute atomic E-state index is 11.3. The number of halogens is 1. The summed E-state index contributed by atoms with van der Waals surface area (Å²) in [6.07, 6.45) is 3.73. The molecular formula is C24H24ClN2O3S+. The van der Waals surface area contributed by atoms with E-state index in [-0.39, 0.29) is 5.76 Å². The van der Waals surface area contributed by atoms with Crippen LogP contribution in [0.4, 0.5) is 5.69 Å². The number of nitrogens with zero attached hydrogens (tertiary/aromatic N) is 1. The van der Waals surface area contributed by atoms with Crippen LogP contribution in [0.2, 0.25) is 5.02 Å². The molecule has 0 amide bonds. The SMILES string of the molecule is COc1ccc(/C(O)=C(\C(=S)Nc2cccc(Cl)c2C)[n+]2cccc(C)c2)cc1OC. The van der Waals surface area contributed by atoms with Gasteiger partial charge in [0.05, 0.1) is 14.2 Å². The molecule has 0 fully saturated rings. The maximum Gasteiger partial charge on any atom is 0.288 e. The Balaban J connectivity index is 2.14. The summed E-state index contributed by atoms with van der Waals surface area (Å²) in [5.74, 6) is 1.07. The van der Waals surface area contributed by atoms with E-state index in [4.69, 9.17) is 33.3 Å². The molecular weight excluding hydrogens is 432 g/mol. The van der Waals surface area contributed by atoms with Crippen LogP contribution in [-0.4, -0.2) is 24.3 Å². The number of rotatable bonds is 6. The highest BCUT2D eigenvalue weighted by molar-refractivity contribution is 7.81. The van der Waals surface area contributed by atoms with Gasteiger partial charge >= 0.3 is 0 Å². The van der Waals surface area contributed by atoms with Gasteiger partial charge in [0.2, 0.25) is 0 Å². The number of benzene rings is 2. The molecule has 1 aromatic heterocycles. The Bertz CT molecular complexity index is 1160. The standard InChI is InChI=1S/C24H23ClN2O3S/c1-15-7-6-12-27(14-15)22(24(31)26-19-9-5-8-18(25)16(19)2)23(28)17-10-11-20(29-3)21(13-17)30-4/h5-14H,1-4H3,(H-,26,28,31)/p+1. The Labute approximate surface area is 192 Å². The highest BCUT2D eigenvalue weighted by atomic mass is 35.5. The lowest BCUT2D eigenvalue weighted by atomic mass is 10.1. The van der Waals surface area contributed by atoms with Crippen LogP contribution < -0.4 is 19.4 Å². The second kappa shape index (κ2) is 9.81. The third-order valence-electron chi connectivity index (χ3n) is 4.82. The predicted octanol–water partition coefficient (Wildman–Crippen LogP) is 5.58. The molecule has 0 aliphatic heterocycles. The molecule has 2 N–H and O–H groups in total. The predicted molar refractivity (Wildman–Crippen MR) is 129 cm³/mol. The van der Waals surface area contributed by atoms with E-state index in [0.29, 0.717) is 32.8 Å². The molecule has 0 spiro atoms. The average Bonchev–Trinajstić information content (AvgIpc) is 2.76. The number of anilines is 1. The lowest BCUT2D eigenvalue weighted by Crippen LogP contribution is -2.38. The molecule has 0 radical (unpaired) electrons. The molecule has 5 nitrogen and oxygen atoms in total. The Morgan fingerprint density at radius 1 is 1.03 bits per heavy atom. The van der Waals surface area contributed by atoms with Crippen molar-refractivity contribution < 1.29 is 19.1 Å². The summed E-state index contributed by atoms with van der Waals surface area (Å²) < 4.78 is 12.5. The van der Waals surface area contributed by atoms with Gasteiger partial charge in [-0.05, 0) is 55.8 Å². The number of aliphatic hydroxyl groups is 1. The summed E-state index contributed by atoms with van der Waals surface area (Å²) in [5.41, 5.74) is 3.61. The third-order valence-corrected chi connectivity index (χ3v) is 5.52. The van der Waals surface area contributed by atoms with Gasteiger partial charge in [0.1, 0.15) is 0 Å². The van der Waals surface area contributed by atoms with Crippen LogP contribution in [0.3, 0.4) is 0 Å². The fourth-order valence-corrected chi connectivity index (χ4v) is 3.61. The van der Waals surface area contributed by atoms with Crippen LogP contribution in [0, 0.1) is 13.8 Å². The van der Waals surface area contributed by atoms with E-state index in [1.54, 1.807) is 37.0 Å². The zero-order chi connectivity index (χ0) is 22.5. The normalized spacial score (nSPS) is 11.5. The number of pyridine rings is 1. The quantitative estimate of drug-likeness (QED) is 0.220. The maximum atomic E-state index is 11.3. The Morgan fingerprint density at radius 3 is 2.45 bits per heavy atom. The largest absolute Gasteiger partial charge is 0.502 e. The number of hydrogen-bond acceptors (Lipinski definition) is 4. The van der Waals surface area contributed by atoms with E-state index < -0.39 is 0 Å². The second-order valence-corrected chi connectivity index (χ2v) is 7.74. The molecule has 0 saturated heterocycles. The van der Waals surface area contributed by atoms with Crippen LogP contribution >= 0.6 is 23.8 Å². The van der Waals surface area contributed by atoms with E-state index in [1.807, 2.05) is 56.6 Å². The zero-order valence-electron chi connectivity index (χ0n) is 17.8. The van der Waals surface area contributed by atoms with Crippen molar-refractivity contribution in [2.24, 2.45) is 0 Å². The first-order valence-electron chi connectivity index (χ1n) is 9.56. The van der Waals surface area contributed by atoms with Gasteiger partial charge in [-0.15, -0.1) is 0 Å². The van der Waals surface area contributed by atoms with Gasteiger partial charge in [0.25, 0.3) is 5.70 Å². The molecule has 0 bridgehead atoms. The Hall–Kier alpha value is -3.09. The molecule has 0 unspecified atom stereocenters. The van der Waals surface area contributed by atoms with Crippen LogP contribution in [0.25, 0.3) is 11.5 Å². The molecule has 3 rings (SSSR count). The van der Waals surface area contributed by atoms with Crippen molar-refractivity contribution in [3.8, 4) is 11.5 Å². The number of aryl methyl sites for hydroxylation is 1. The molecule has 7 heteroatoms. The number of methoxy groups -OCH3 is 2. The van der Waals surface area contributed by atoms with Crippen molar-refractivity contribution in [3.63, 3.8) is 0 Å². The second-order valence-electron chi connectivity index (χ2n) is 6.92. The molecule has 0 saturated carbocycles. The van der Waals surface area contributed by atoms with Gasteiger partial charge in [-0.2, -0.15) is 4.57 Å². The van der Waals surface area contributed by atoms with Gasteiger partial charge in [-0.25, -0.2) is 0 Å². The fraction of sp³-hybridized carbons (Fsp3) is 0.167. The first kappa shape index (κ1) is 22.6. The van der Waals surface area contributed by atoms with Crippen molar-refractivity contribution in [1.29, 1.82) is 0 Å². The summed E-state index contributed by atoms with van der Waals surface area (Å²) in [6.45, 7) is 3.88. The molecule has 0 atom stereocenters. The lowest BCUT2D eigenvalue weighted by molar-refractivity contribution is -0.576. The smallest absolute Gasteiger partial charge is 0.288 e. The number of thiocarbonyl (C=S) groups is 1. The topological polar surface area (TPSA) is 54.6 Å². The lowest BCUT2D eigenvalue weighted by Gasteiger charge is -2.14. The van der Waals surface area contributed by atoms with Gasteiger partial charge in [-0.3, -0.25) is 0 Å². The summed E-state index contributed by atoms with van der Waals surface area (Å²) in [7, 11) is 3.11. The fourth-order valence-electron chi connectivity index (χ4n) is 3.12. The van der Waals surface area contributed by atoms with Crippen molar-refractivity contribution in [2.45, 2.75) is 13.8 Å². The average molecular weight is 456 g/mol. The number of ether oxygens (including phenoxy) is 2. The van der Waals surface area contributed by atoms with E-state index >= 15 is 0 Å². The van der Waals surface area contributed by atoms with Crippen LogP contribution in [0.1, 0.15) is 16.7 Å². The number of aromatic nitrogens is 1. The first-order chi connectivity index (χ1) is 14.8. The van der Waals surface area contributed by atoms with Crippen molar-refractivity contribution in [1.82, 2.24) is 0 Å². The Morgan fingerprint density at radius 2 is 1.77 bits per heavy atom. The van der Waals surface area contributed by atoms with E-state index in [9.17, 15) is 5.11 Å². The Kier molecular flexibility index (Phi) is 7.15. The molecule has 0 aliphatic carbocycles. The first-order valence-corrected chi connectivity index (χ1v) is 10.3. The van der Waals surface area contributed by atoms with E-state index in [0.717, 1.165) is 16.8 Å². The summed E-state index contributed by atoms with van der Waals surface area (Å²) in [6, 6.07) is 14.6. The monoisotopic (exact) mass is 455 g/mol. The number of aliphatic hydroxyl groups excluding tert-OH is 1. The minimum Gasteiger partial charge on any atom is -0.502 e. The highest BCUT2D eigenvalue weighted by Crippen LogP contribution is 2.31. The highest BCUT2D eigenvalue weighted by Gasteiger charge is 2.25. The molecule has 1 heterocycles. The van der Waals surface area contributed by atoms with Crippen molar-refractivity contribution in [3.05, 3.63) is 82.6 Å². The van der Waals surface area contributed by atoms with Gasteiger partial charge in [0.15, 0.2) is 34.6 Å². The van der Waals surface area contributed by atoms with Crippen LogP contribution in [-0.2, 0) is 0 Å². The van der Waals surface area contributed by atoms with Gasteiger partial charge in [0, 0.05) is 27.9 Å². The van der Waals surface area contributed by atoms with Gasteiger partial charge < -0.3 is 19.9 Å². The van der Waals surface area contributed by atoms with E-state index in [2.05, 4.69) is 5.32 Å².